The smallest absolute Gasteiger partial charge is 0.303 e. The lowest BCUT2D eigenvalue weighted by Gasteiger charge is -2.35. The first-order valence-corrected chi connectivity index (χ1v) is 14.1. The number of benzene rings is 3. The van der Waals surface area contributed by atoms with Gasteiger partial charge in [-0.1, -0.05) is 36.4 Å². The van der Waals surface area contributed by atoms with E-state index in [2.05, 4.69) is 24.1 Å². The lowest BCUT2D eigenvalue weighted by Crippen LogP contribution is -2.38. The Bertz CT molecular complexity index is 1480. The van der Waals surface area contributed by atoms with Gasteiger partial charge in [0.2, 0.25) is 5.91 Å². The summed E-state index contributed by atoms with van der Waals surface area (Å²) in [7, 11) is 0. The quantitative estimate of drug-likeness (QED) is 0.333. The molecule has 2 aliphatic rings. The number of rotatable bonds is 8. The zero-order chi connectivity index (χ0) is 29.1. The number of nitrogens with one attached hydrogen (secondary N) is 1. The van der Waals surface area contributed by atoms with Crippen LogP contribution in [0.2, 0.25) is 0 Å². The van der Waals surface area contributed by atoms with Crippen molar-refractivity contribution in [3.63, 3.8) is 0 Å². The van der Waals surface area contributed by atoms with Gasteiger partial charge in [0, 0.05) is 42.9 Å². The van der Waals surface area contributed by atoms with Crippen LogP contribution in [-0.2, 0) is 14.4 Å². The van der Waals surface area contributed by atoms with Crippen LogP contribution in [0.1, 0.15) is 62.6 Å². The third-order valence-electron chi connectivity index (χ3n) is 7.99. The molecular weight excluding hydrogens is 521 g/mol. The normalized spacial score (nSPS) is 18.2. The van der Waals surface area contributed by atoms with Crippen LogP contribution in [0.15, 0.2) is 84.1 Å². The van der Waals surface area contributed by atoms with Crippen LogP contribution < -0.4 is 15.1 Å². The number of halogens is 1. The number of ketones is 1. The number of carboxylic acids is 1. The Balaban J connectivity index is 1.66. The third kappa shape index (κ3) is 5.73. The highest BCUT2D eigenvalue weighted by atomic mass is 19.1. The molecule has 0 bridgehead atoms. The van der Waals surface area contributed by atoms with E-state index in [0.29, 0.717) is 23.4 Å². The first-order chi connectivity index (χ1) is 19.8. The van der Waals surface area contributed by atoms with Gasteiger partial charge in [-0.2, -0.15) is 0 Å². The van der Waals surface area contributed by atoms with Crippen LogP contribution in [0.25, 0.3) is 0 Å². The Hall–Kier alpha value is -4.46. The Morgan fingerprint density at radius 3 is 2.24 bits per heavy atom. The molecule has 7 nitrogen and oxygen atoms in total. The summed E-state index contributed by atoms with van der Waals surface area (Å²) in [6, 6.07) is 20.8. The van der Waals surface area contributed by atoms with Gasteiger partial charge in [-0.15, -0.1) is 0 Å². The minimum absolute atomic E-state index is 0.102. The molecule has 3 aromatic carbocycles. The number of carbonyl (C=O) groups excluding carboxylic acids is 2. The minimum atomic E-state index is -1.06. The predicted octanol–water partition coefficient (Wildman–Crippen LogP) is 6.44. The standard InChI is InChI=1S/C33H34FN3O4/c1-3-36(4-2)25-15-11-22(12-16-25)33-32-27(19-23(20-29(32)38)21-9-13-24(34)14-10-21)35-26-7-5-6-8-28(26)37(33)30(39)17-18-31(40)41/h5-16,23,33,35H,3-4,17-20H2,1-2H3,(H,40,41). The minimum Gasteiger partial charge on any atom is -0.481 e. The molecular formula is C33H34FN3O4. The SMILES string of the molecule is CCN(CC)c1ccc(C2C3=C(CC(c4ccc(F)cc4)CC3=O)Nc3ccccc3N2C(=O)CCC(=O)O)cc1. The maximum absolute atomic E-state index is 14.1. The van der Waals surface area contributed by atoms with Crippen LogP contribution in [0.3, 0.4) is 0 Å². The fraction of sp³-hybridized carbons (Fsp3) is 0.303. The van der Waals surface area contributed by atoms with Crippen LogP contribution in [0.4, 0.5) is 21.5 Å². The first kappa shape index (κ1) is 28.1. The highest BCUT2D eigenvalue weighted by molar-refractivity contribution is 6.06. The summed E-state index contributed by atoms with van der Waals surface area (Å²) in [5, 5.41) is 12.8. The molecule has 2 N–H and O–H groups in total. The summed E-state index contributed by atoms with van der Waals surface area (Å²) in [6.07, 6.45) is 0.206. The van der Waals surface area contributed by atoms with E-state index >= 15 is 0 Å². The second-order valence-corrected chi connectivity index (χ2v) is 10.4. The van der Waals surface area contributed by atoms with E-state index in [1.54, 1.807) is 17.0 Å². The molecule has 3 aromatic rings. The fourth-order valence-corrected chi connectivity index (χ4v) is 5.94. The number of para-hydroxylation sites is 2. The molecule has 0 saturated carbocycles. The fourth-order valence-electron chi connectivity index (χ4n) is 5.94. The largest absolute Gasteiger partial charge is 0.481 e. The van der Waals surface area contributed by atoms with Gasteiger partial charge in [-0.3, -0.25) is 19.3 Å². The summed E-state index contributed by atoms with van der Waals surface area (Å²) in [6.45, 7) is 5.86. The van der Waals surface area contributed by atoms with E-state index < -0.39 is 12.0 Å². The number of anilines is 3. The first-order valence-electron chi connectivity index (χ1n) is 14.1. The molecule has 0 saturated heterocycles. The van der Waals surface area contributed by atoms with Gasteiger partial charge < -0.3 is 15.3 Å². The Kier molecular flexibility index (Phi) is 8.19. The van der Waals surface area contributed by atoms with Crippen molar-refractivity contribution >= 4 is 34.7 Å². The molecule has 5 rings (SSSR count). The van der Waals surface area contributed by atoms with Crippen LogP contribution in [0.5, 0.6) is 0 Å². The topological polar surface area (TPSA) is 90.0 Å². The Morgan fingerprint density at radius 1 is 0.927 bits per heavy atom. The lowest BCUT2D eigenvalue weighted by molar-refractivity contribution is -0.138. The van der Waals surface area contributed by atoms with Gasteiger partial charge in [-0.25, -0.2) is 4.39 Å². The molecule has 8 heteroatoms. The van der Waals surface area contributed by atoms with E-state index in [9.17, 15) is 23.9 Å². The number of amides is 1. The van der Waals surface area contributed by atoms with Gasteiger partial charge in [0.25, 0.3) is 0 Å². The molecule has 1 aliphatic carbocycles. The molecule has 2 atom stereocenters. The van der Waals surface area contributed by atoms with E-state index in [4.69, 9.17) is 0 Å². The molecule has 0 aromatic heterocycles. The van der Waals surface area contributed by atoms with Crippen molar-refractivity contribution in [1.29, 1.82) is 0 Å². The van der Waals surface area contributed by atoms with Crippen molar-refractivity contribution in [1.82, 2.24) is 0 Å². The molecule has 0 fully saturated rings. The number of hydrogen-bond acceptors (Lipinski definition) is 5. The highest BCUT2D eigenvalue weighted by Gasteiger charge is 2.41. The number of aliphatic carboxylic acids is 1. The van der Waals surface area contributed by atoms with E-state index in [1.807, 2.05) is 48.5 Å². The van der Waals surface area contributed by atoms with Crippen molar-refractivity contribution in [2.24, 2.45) is 0 Å². The number of nitrogens with zero attached hydrogens (tertiary/aromatic N) is 2. The van der Waals surface area contributed by atoms with Gasteiger partial charge >= 0.3 is 5.97 Å². The molecule has 1 heterocycles. The van der Waals surface area contributed by atoms with E-state index in [1.165, 1.54) is 12.1 Å². The van der Waals surface area contributed by atoms with Crippen molar-refractivity contribution < 1.29 is 23.9 Å². The van der Waals surface area contributed by atoms with E-state index in [-0.39, 0.29) is 42.7 Å². The van der Waals surface area contributed by atoms with Crippen molar-refractivity contribution in [2.75, 3.05) is 28.2 Å². The third-order valence-corrected chi connectivity index (χ3v) is 7.99. The number of carbonyl (C=O) groups is 3. The molecule has 0 spiro atoms. The van der Waals surface area contributed by atoms with Gasteiger partial charge in [0.1, 0.15) is 5.82 Å². The van der Waals surface area contributed by atoms with Crippen LogP contribution in [-0.4, -0.2) is 35.9 Å². The number of allylic oxidation sites excluding steroid dienone is 1. The van der Waals surface area contributed by atoms with Gasteiger partial charge in [-0.05, 0) is 73.7 Å². The highest BCUT2D eigenvalue weighted by Crippen LogP contribution is 2.47. The zero-order valence-corrected chi connectivity index (χ0v) is 23.3. The van der Waals surface area contributed by atoms with Crippen molar-refractivity contribution in [3.8, 4) is 0 Å². The lowest BCUT2D eigenvalue weighted by atomic mass is 9.78. The molecule has 0 radical (unpaired) electrons. The maximum atomic E-state index is 14.1. The second kappa shape index (κ2) is 12.0. The monoisotopic (exact) mass is 555 g/mol. The van der Waals surface area contributed by atoms with Gasteiger partial charge in [0.05, 0.1) is 23.8 Å². The number of Topliss-reactive ketones (excluding diaryl/α,β-unsaturated/α-hetero) is 1. The van der Waals surface area contributed by atoms with Crippen molar-refractivity contribution in [3.05, 3.63) is 101 Å². The van der Waals surface area contributed by atoms with Crippen LogP contribution >= 0.6 is 0 Å². The summed E-state index contributed by atoms with van der Waals surface area (Å²) < 4.78 is 13.6. The summed E-state index contributed by atoms with van der Waals surface area (Å²) in [4.78, 5) is 43.1. The average Bonchev–Trinajstić information content (AvgIpc) is 3.12. The molecule has 1 aliphatic heterocycles. The summed E-state index contributed by atoms with van der Waals surface area (Å²) in [5.74, 6) is -2.02. The number of carboxylic acid groups (broad SMARTS) is 1. The zero-order valence-electron chi connectivity index (χ0n) is 23.3. The van der Waals surface area contributed by atoms with E-state index in [0.717, 1.165) is 35.6 Å². The second-order valence-electron chi connectivity index (χ2n) is 10.4. The molecule has 212 valence electrons. The summed E-state index contributed by atoms with van der Waals surface area (Å²) in [5.41, 5.74) is 5.15. The maximum Gasteiger partial charge on any atom is 0.303 e. The summed E-state index contributed by atoms with van der Waals surface area (Å²) >= 11 is 0. The van der Waals surface area contributed by atoms with Crippen LogP contribution in [0, 0.1) is 5.82 Å². The molecule has 2 unspecified atom stereocenters. The molecule has 1 amide bonds. The molecule has 41 heavy (non-hydrogen) atoms. The Morgan fingerprint density at radius 2 is 1.59 bits per heavy atom. The number of hydrogen-bond donors (Lipinski definition) is 2. The van der Waals surface area contributed by atoms with Gasteiger partial charge in [0.15, 0.2) is 5.78 Å². The predicted molar refractivity (Wildman–Crippen MR) is 158 cm³/mol. The Labute approximate surface area is 239 Å². The average molecular weight is 556 g/mol. The number of fused-ring (bicyclic) bond motifs is 1. The van der Waals surface area contributed by atoms with Crippen molar-refractivity contribution in [2.45, 2.75) is 51.5 Å².